The first-order valence-electron chi connectivity index (χ1n) is 11.2. The lowest BCUT2D eigenvalue weighted by molar-refractivity contribution is -0.124. The second-order valence-corrected chi connectivity index (χ2v) is 8.55. The van der Waals surface area contributed by atoms with Crippen LogP contribution in [0.25, 0.3) is 0 Å². The molecule has 1 aliphatic carbocycles. The molecule has 3 rings (SSSR count). The number of para-hydroxylation sites is 1. The van der Waals surface area contributed by atoms with Crippen LogP contribution >= 0.6 is 0 Å². The first-order valence-corrected chi connectivity index (χ1v) is 11.2. The molecule has 6 heteroatoms. The summed E-state index contributed by atoms with van der Waals surface area (Å²) in [6, 6.07) is 8.30. The largest absolute Gasteiger partial charge is 0.352 e. The Bertz CT molecular complexity index is 685. The van der Waals surface area contributed by atoms with E-state index in [-0.39, 0.29) is 11.8 Å². The number of nitrogens with one attached hydrogen (secondary N) is 2. The number of carbonyl (C=O) groups excluding carboxylic acids is 2. The molecule has 2 amide bonds. The molecule has 1 heterocycles. The van der Waals surface area contributed by atoms with E-state index < -0.39 is 0 Å². The van der Waals surface area contributed by atoms with Crippen LogP contribution in [-0.4, -0.2) is 66.9 Å². The third-order valence-corrected chi connectivity index (χ3v) is 6.33. The topological polar surface area (TPSA) is 64.7 Å². The minimum absolute atomic E-state index is 0.0309. The molecule has 6 nitrogen and oxygen atoms in total. The van der Waals surface area contributed by atoms with Crippen LogP contribution in [0.2, 0.25) is 0 Å². The predicted octanol–water partition coefficient (Wildman–Crippen LogP) is 2.50. The standard InChI is InChI=1S/C23H36N4O2/c1-3-19-9-5-7-11-21(19)25-23(29)17-27-14-12-26(13-15-27)16-22(28)24-20-10-6-4-8-18(20)2/h5,7,9,11,18,20H,3-4,6,8,10,12-17H2,1-2H3,(H,24,28)(H,25,29)/t18-,20+/m1/s1. The number of carbonyl (C=O) groups is 2. The summed E-state index contributed by atoms with van der Waals surface area (Å²) >= 11 is 0. The Hall–Kier alpha value is -1.92. The highest BCUT2D eigenvalue weighted by molar-refractivity contribution is 5.93. The van der Waals surface area contributed by atoms with Gasteiger partial charge in [0.2, 0.25) is 11.8 Å². The van der Waals surface area contributed by atoms with Crippen LogP contribution in [0, 0.1) is 5.92 Å². The normalized spacial score (nSPS) is 23.5. The molecule has 29 heavy (non-hydrogen) atoms. The maximum absolute atomic E-state index is 12.4. The van der Waals surface area contributed by atoms with Gasteiger partial charge in [-0.15, -0.1) is 0 Å². The summed E-state index contributed by atoms with van der Waals surface area (Å²) in [5.74, 6) is 0.760. The lowest BCUT2D eigenvalue weighted by Crippen LogP contribution is -2.52. The van der Waals surface area contributed by atoms with Crippen molar-refractivity contribution >= 4 is 17.5 Å². The Morgan fingerprint density at radius 3 is 2.24 bits per heavy atom. The molecule has 0 unspecified atom stereocenters. The highest BCUT2D eigenvalue weighted by Gasteiger charge is 2.25. The van der Waals surface area contributed by atoms with Crippen molar-refractivity contribution in [3.05, 3.63) is 29.8 Å². The van der Waals surface area contributed by atoms with Gasteiger partial charge in [0.25, 0.3) is 0 Å². The van der Waals surface area contributed by atoms with Crippen molar-refractivity contribution in [2.45, 2.75) is 52.0 Å². The summed E-state index contributed by atoms with van der Waals surface area (Å²) in [6.45, 7) is 8.48. The van der Waals surface area contributed by atoms with E-state index in [1.165, 1.54) is 19.3 Å². The molecule has 2 atom stereocenters. The molecule has 1 saturated heterocycles. The highest BCUT2D eigenvalue weighted by atomic mass is 16.2. The molecular weight excluding hydrogens is 364 g/mol. The molecule has 2 fully saturated rings. The van der Waals surface area contributed by atoms with E-state index >= 15 is 0 Å². The van der Waals surface area contributed by atoms with Crippen LogP contribution in [0.15, 0.2) is 24.3 Å². The van der Waals surface area contributed by atoms with Crippen LogP contribution in [-0.2, 0) is 16.0 Å². The number of amides is 2. The molecular formula is C23H36N4O2. The lowest BCUT2D eigenvalue weighted by Gasteiger charge is -2.35. The maximum Gasteiger partial charge on any atom is 0.238 e. The van der Waals surface area contributed by atoms with Gasteiger partial charge < -0.3 is 10.6 Å². The summed E-state index contributed by atoms with van der Waals surface area (Å²) in [5, 5.41) is 6.28. The van der Waals surface area contributed by atoms with Crippen molar-refractivity contribution in [3.8, 4) is 0 Å². The molecule has 0 spiro atoms. The van der Waals surface area contributed by atoms with Crippen molar-refractivity contribution in [1.29, 1.82) is 0 Å². The third kappa shape index (κ3) is 6.54. The van der Waals surface area contributed by atoms with Gasteiger partial charge in [0.1, 0.15) is 0 Å². The van der Waals surface area contributed by atoms with Crippen LogP contribution in [0.3, 0.4) is 0 Å². The van der Waals surface area contributed by atoms with Crippen molar-refractivity contribution in [3.63, 3.8) is 0 Å². The SMILES string of the molecule is CCc1ccccc1NC(=O)CN1CCN(CC(=O)N[C@H]2CCCC[C@H]2C)CC1. The molecule has 1 aliphatic heterocycles. The number of hydrogen-bond acceptors (Lipinski definition) is 4. The zero-order chi connectivity index (χ0) is 20.6. The minimum atomic E-state index is 0.0309. The molecule has 0 aromatic heterocycles. The molecule has 2 aliphatic rings. The molecule has 1 aromatic rings. The average molecular weight is 401 g/mol. The fraction of sp³-hybridized carbons (Fsp3) is 0.652. The van der Waals surface area contributed by atoms with Crippen molar-refractivity contribution < 1.29 is 9.59 Å². The Labute approximate surface area is 175 Å². The van der Waals surface area contributed by atoms with Gasteiger partial charge in [-0.25, -0.2) is 0 Å². The van der Waals surface area contributed by atoms with E-state index in [1.54, 1.807) is 0 Å². The molecule has 0 radical (unpaired) electrons. The lowest BCUT2D eigenvalue weighted by atomic mass is 9.86. The van der Waals surface area contributed by atoms with Gasteiger partial charge in [-0.3, -0.25) is 19.4 Å². The summed E-state index contributed by atoms with van der Waals surface area (Å²) in [4.78, 5) is 29.2. The van der Waals surface area contributed by atoms with E-state index in [0.717, 1.165) is 50.3 Å². The molecule has 2 N–H and O–H groups in total. The summed E-state index contributed by atoms with van der Waals surface area (Å²) < 4.78 is 0. The number of anilines is 1. The Kier molecular flexibility index (Phi) is 8.07. The van der Waals surface area contributed by atoms with Crippen LogP contribution in [0.1, 0.15) is 45.1 Å². The fourth-order valence-corrected chi connectivity index (χ4v) is 4.44. The number of aryl methyl sites for hydroxylation is 1. The van der Waals surface area contributed by atoms with Crippen LogP contribution in [0.4, 0.5) is 5.69 Å². The van der Waals surface area contributed by atoms with Crippen LogP contribution < -0.4 is 10.6 Å². The zero-order valence-corrected chi connectivity index (χ0v) is 18.0. The highest BCUT2D eigenvalue weighted by Crippen LogP contribution is 2.23. The fourth-order valence-electron chi connectivity index (χ4n) is 4.44. The van der Waals surface area contributed by atoms with Gasteiger partial charge in [-0.1, -0.05) is 44.9 Å². The third-order valence-electron chi connectivity index (χ3n) is 6.33. The Morgan fingerprint density at radius 2 is 1.59 bits per heavy atom. The van der Waals surface area contributed by atoms with Gasteiger partial charge in [-0.05, 0) is 36.8 Å². The number of benzene rings is 1. The summed E-state index contributed by atoms with van der Waals surface area (Å²) in [5.41, 5.74) is 2.07. The van der Waals surface area contributed by atoms with E-state index in [1.807, 2.05) is 24.3 Å². The first-order chi connectivity index (χ1) is 14.0. The van der Waals surface area contributed by atoms with E-state index in [2.05, 4.69) is 34.3 Å². The number of nitrogens with zero attached hydrogens (tertiary/aromatic N) is 2. The number of piperazine rings is 1. The monoisotopic (exact) mass is 400 g/mol. The summed E-state index contributed by atoms with van der Waals surface area (Å²) in [7, 11) is 0. The molecule has 1 saturated carbocycles. The van der Waals surface area contributed by atoms with Gasteiger partial charge in [0.15, 0.2) is 0 Å². The number of hydrogen-bond donors (Lipinski definition) is 2. The summed E-state index contributed by atoms with van der Waals surface area (Å²) in [6.07, 6.45) is 5.73. The maximum atomic E-state index is 12.4. The minimum Gasteiger partial charge on any atom is -0.352 e. The van der Waals surface area contributed by atoms with E-state index in [0.29, 0.717) is 25.0 Å². The molecule has 0 bridgehead atoms. The van der Waals surface area contributed by atoms with E-state index in [4.69, 9.17) is 0 Å². The van der Waals surface area contributed by atoms with E-state index in [9.17, 15) is 9.59 Å². The Morgan fingerprint density at radius 1 is 0.966 bits per heavy atom. The average Bonchev–Trinajstić information content (AvgIpc) is 2.71. The van der Waals surface area contributed by atoms with Crippen molar-refractivity contribution in [2.24, 2.45) is 5.92 Å². The molecule has 160 valence electrons. The van der Waals surface area contributed by atoms with Gasteiger partial charge in [0, 0.05) is 37.9 Å². The van der Waals surface area contributed by atoms with Crippen molar-refractivity contribution in [2.75, 3.05) is 44.6 Å². The predicted molar refractivity (Wildman–Crippen MR) is 117 cm³/mol. The second-order valence-electron chi connectivity index (χ2n) is 8.55. The Balaban J connectivity index is 1.37. The smallest absolute Gasteiger partial charge is 0.238 e. The molecule has 1 aromatic carbocycles. The van der Waals surface area contributed by atoms with Crippen LogP contribution in [0.5, 0.6) is 0 Å². The van der Waals surface area contributed by atoms with Crippen molar-refractivity contribution in [1.82, 2.24) is 15.1 Å². The van der Waals surface area contributed by atoms with Gasteiger partial charge >= 0.3 is 0 Å². The van der Waals surface area contributed by atoms with Gasteiger partial charge in [0.05, 0.1) is 13.1 Å². The van der Waals surface area contributed by atoms with Gasteiger partial charge in [-0.2, -0.15) is 0 Å². The first kappa shape index (κ1) is 21.8. The zero-order valence-electron chi connectivity index (χ0n) is 18.0. The quantitative estimate of drug-likeness (QED) is 0.738. The number of rotatable bonds is 7. The second kappa shape index (κ2) is 10.7.